The van der Waals surface area contributed by atoms with Crippen LogP contribution in [0.2, 0.25) is 0 Å². The number of nitrogens with one attached hydrogen (secondary N) is 1. The lowest BCUT2D eigenvalue weighted by Crippen LogP contribution is -2.30. The van der Waals surface area contributed by atoms with Crippen LogP contribution in [0.25, 0.3) is 0 Å². The first kappa shape index (κ1) is 21.4. The zero-order chi connectivity index (χ0) is 22.8. The summed E-state index contributed by atoms with van der Waals surface area (Å²) in [7, 11) is 0. The maximum Gasteiger partial charge on any atom is 0.282 e. The molecule has 2 aliphatic rings. The topological polar surface area (TPSA) is 122 Å². The molecule has 9 heteroatoms. The molecule has 1 heterocycles. The molecule has 1 saturated heterocycles. The molecule has 1 aliphatic carbocycles. The predicted octanol–water partition coefficient (Wildman–Crippen LogP) is 3.43. The number of benzene rings is 2. The lowest BCUT2D eigenvalue weighted by molar-refractivity contribution is -0.385. The van der Waals surface area contributed by atoms with Crippen LogP contribution < -0.4 is 10.3 Å². The van der Waals surface area contributed by atoms with Crippen molar-refractivity contribution in [2.75, 3.05) is 4.90 Å². The molecule has 0 bridgehead atoms. The molecule has 0 spiro atoms. The van der Waals surface area contributed by atoms with Gasteiger partial charge in [0.05, 0.1) is 28.2 Å². The van der Waals surface area contributed by atoms with Gasteiger partial charge in [-0.25, -0.2) is 5.43 Å². The zero-order valence-electron chi connectivity index (χ0n) is 17.5. The second-order valence-electron chi connectivity index (χ2n) is 7.97. The van der Waals surface area contributed by atoms with Crippen LogP contribution in [0.5, 0.6) is 0 Å². The molecule has 0 unspecified atom stereocenters. The summed E-state index contributed by atoms with van der Waals surface area (Å²) in [5.74, 6) is -1.37. The minimum Gasteiger partial charge on any atom is -0.274 e. The van der Waals surface area contributed by atoms with Gasteiger partial charge < -0.3 is 0 Å². The van der Waals surface area contributed by atoms with E-state index >= 15 is 0 Å². The van der Waals surface area contributed by atoms with Crippen LogP contribution in [-0.2, 0) is 9.59 Å². The third kappa shape index (κ3) is 3.89. The highest BCUT2D eigenvalue weighted by atomic mass is 16.6. The van der Waals surface area contributed by atoms with E-state index in [4.69, 9.17) is 0 Å². The number of hydrogen-bond acceptors (Lipinski definition) is 6. The van der Waals surface area contributed by atoms with E-state index in [2.05, 4.69) is 10.5 Å². The first-order valence-electron chi connectivity index (χ1n) is 10.4. The average Bonchev–Trinajstić information content (AvgIpc) is 3.07. The van der Waals surface area contributed by atoms with Crippen molar-refractivity contribution >= 4 is 34.8 Å². The van der Waals surface area contributed by atoms with Crippen LogP contribution in [0.4, 0.5) is 11.4 Å². The van der Waals surface area contributed by atoms with Gasteiger partial charge in [0.1, 0.15) is 5.56 Å². The number of anilines is 1. The average molecular weight is 434 g/mol. The lowest BCUT2D eigenvalue weighted by atomic mass is 9.81. The monoisotopic (exact) mass is 434 g/mol. The Balaban J connectivity index is 1.48. The largest absolute Gasteiger partial charge is 0.282 e. The third-order valence-corrected chi connectivity index (χ3v) is 6.05. The highest BCUT2D eigenvalue weighted by molar-refractivity contribution is 6.22. The van der Waals surface area contributed by atoms with E-state index in [-0.39, 0.29) is 34.9 Å². The van der Waals surface area contributed by atoms with Crippen molar-refractivity contribution in [3.63, 3.8) is 0 Å². The van der Waals surface area contributed by atoms with Crippen LogP contribution in [-0.4, -0.2) is 28.4 Å². The van der Waals surface area contributed by atoms with Crippen LogP contribution in [0.3, 0.4) is 0 Å². The molecule has 1 N–H and O–H groups in total. The molecule has 4 rings (SSSR count). The zero-order valence-corrected chi connectivity index (χ0v) is 17.5. The fourth-order valence-electron chi connectivity index (χ4n) is 4.35. The summed E-state index contributed by atoms with van der Waals surface area (Å²) in [4.78, 5) is 49.6. The number of carbonyl (C=O) groups is 3. The molecule has 0 aromatic heterocycles. The number of nitrogens with zero attached hydrogens (tertiary/aromatic N) is 3. The van der Waals surface area contributed by atoms with Crippen LogP contribution in [0.15, 0.2) is 53.6 Å². The van der Waals surface area contributed by atoms with Gasteiger partial charge in [-0.3, -0.25) is 29.4 Å². The van der Waals surface area contributed by atoms with Gasteiger partial charge in [0.15, 0.2) is 0 Å². The van der Waals surface area contributed by atoms with Crippen LogP contribution in [0.1, 0.15) is 48.5 Å². The number of para-hydroxylation sites is 1. The van der Waals surface area contributed by atoms with Crippen LogP contribution >= 0.6 is 0 Å². The number of hydrazone groups is 1. The van der Waals surface area contributed by atoms with E-state index < -0.39 is 10.8 Å². The number of carbonyl (C=O) groups excluding carboxylic acids is 3. The van der Waals surface area contributed by atoms with Crippen LogP contribution in [0, 0.1) is 22.0 Å². The molecular formula is C23H22N4O5. The van der Waals surface area contributed by atoms with Crippen molar-refractivity contribution in [3.8, 4) is 0 Å². The molecule has 2 atom stereocenters. The number of fused-ring (bicyclic) bond motifs is 1. The molecule has 2 fully saturated rings. The molecule has 2 aromatic carbocycles. The van der Waals surface area contributed by atoms with Crippen molar-refractivity contribution in [1.29, 1.82) is 0 Å². The van der Waals surface area contributed by atoms with E-state index in [1.54, 1.807) is 31.2 Å². The number of rotatable bonds is 5. The Morgan fingerprint density at radius 1 is 1.03 bits per heavy atom. The molecule has 2 aromatic rings. The Kier molecular flexibility index (Phi) is 5.81. The lowest BCUT2D eigenvalue weighted by Gasteiger charge is -2.19. The molecule has 32 heavy (non-hydrogen) atoms. The molecule has 1 saturated carbocycles. The summed E-state index contributed by atoms with van der Waals surface area (Å²) in [5.41, 5.74) is 3.61. The number of amides is 3. The summed E-state index contributed by atoms with van der Waals surface area (Å²) in [6.45, 7) is 1.68. The summed E-state index contributed by atoms with van der Waals surface area (Å²) in [6.07, 6.45) is 3.46. The smallest absolute Gasteiger partial charge is 0.274 e. The fraction of sp³-hybridized carbons (Fsp3) is 0.304. The van der Waals surface area contributed by atoms with E-state index in [1.165, 1.54) is 29.2 Å². The second-order valence-corrected chi connectivity index (χ2v) is 7.97. The maximum absolute atomic E-state index is 12.7. The summed E-state index contributed by atoms with van der Waals surface area (Å²) < 4.78 is 0. The molecule has 0 radical (unpaired) electrons. The molecule has 164 valence electrons. The minimum atomic E-state index is -0.691. The Hall–Kier alpha value is -3.88. The summed E-state index contributed by atoms with van der Waals surface area (Å²) >= 11 is 0. The van der Waals surface area contributed by atoms with Crippen molar-refractivity contribution in [1.82, 2.24) is 5.43 Å². The molecule has 9 nitrogen and oxygen atoms in total. The summed E-state index contributed by atoms with van der Waals surface area (Å²) in [5, 5.41) is 15.1. The number of imide groups is 1. The Morgan fingerprint density at radius 3 is 2.22 bits per heavy atom. The molecule has 1 aliphatic heterocycles. The third-order valence-electron chi connectivity index (χ3n) is 6.05. The van der Waals surface area contributed by atoms with E-state index in [0.29, 0.717) is 17.0 Å². The predicted molar refractivity (Wildman–Crippen MR) is 117 cm³/mol. The van der Waals surface area contributed by atoms with Gasteiger partial charge in [0.25, 0.3) is 11.6 Å². The van der Waals surface area contributed by atoms with Gasteiger partial charge in [-0.1, -0.05) is 37.1 Å². The Bertz CT molecular complexity index is 1100. The normalized spacial score (nSPS) is 20.8. The molecule has 3 amide bonds. The second kappa shape index (κ2) is 8.70. The van der Waals surface area contributed by atoms with Gasteiger partial charge in [0, 0.05) is 6.07 Å². The number of hydrogen-bond donors (Lipinski definition) is 1. The Labute approximate surface area is 184 Å². The fourth-order valence-corrected chi connectivity index (χ4v) is 4.35. The SMILES string of the molecule is C/C(=N/NC(=O)c1ccccc1[N+](=O)[O-])c1ccc(N2C(=O)[C@@H]3CCCC[C@H]3C2=O)cc1. The number of nitro groups is 1. The first-order chi connectivity index (χ1) is 15.4. The van der Waals surface area contributed by atoms with Gasteiger partial charge in [-0.2, -0.15) is 5.10 Å². The van der Waals surface area contributed by atoms with Crippen molar-refractivity contribution in [3.05, 3.63) is 69.8 Å². The minimum absolute atomic E-state index is 0.0862. The number of nitro benzene ring substituents is 1. The van der Waals surface area contributed by atoms with E-state index in [0.717, 1.165) is 25.7 Å². The van der Waals surface area contributed by atoms with Crippen molar-refractivity contribution in [2.24, 2.45) is 16.9 Å². The standard InChI is InChI=1S/C23H22N4O5/c1-14(24-25-21(28)19-8-4-5-9-20(19)27(31)32)15-10-12-16(13-11-15)26-22(29)17-6-2-3-7-18(17)23(26)30/h4-5,8-13,17-18H,2-3,6-7H2,1H3,(H,25,28)/b24-14-/t17-,18-/m1/s1. The maximum atomic E-state index is 12.7. The van der Waals surface area contributed by atoms with Gasteiger partial charge in [-0.05, 0) is 43.5 Å². The quantitative estimate of drug-likeness (QED) is 0.334. The van der Waals surface area contributed by atoms with Crippen molar-refractivity contribution < 1.29 is 19.3 Å². The van der Waals surface area contributed by atoms with E-state index in [1.807, 2.05) is 0 Å². The van der Waals surface area contributed by atoms with E-state index in [9.17, 15) is 24.5 Å². The van der Waals surface area contributed by atoms with Gasteiger partial charge in [0.2, 0.25) is 11.8 Å². The first-order valence-corrected chi connectivity index (χ1v) is 10.4. The molecular weight excluding hydrogens is 412 g/mol. The van der Waals surface area contributed by atoms with Crippen molar-refractivity contribution in [2.45, 2.75) is 32.6 Å². The summed E-state index contributed by atoms with van der Waals surface area (Å²) in [6, 6.07) is 12.4. The highest BCUT2D eigenvalue weighted by Gasteiger charge is 2.48. The highest BCUT2D eigenvalue weighted by Crippen LogP contribution is 2.40. The Morgan fingerprint density at radius 2 is 1.62 bits per heavy atom. The van der Waals surface area contributed by atoms with Gasteiger partial charge in [-0.15, -0.1) is 0 Å². The van der Waals surface area contributed by atoms with Gasteiger partial charge >= 0.3 is 0 Å².